The van der Waals surface area contributed by atoms with Crippen molar-refractivity contribution in [3.05, 3.63) is 71.3 Å². The zero-order valence-corrected chi connectivity index (χ0v) is 15.8. The number of hydrogen-bond acceptors (Lipinski definition) is 4. The number of ether oxygens (including phenoxy) is 1. The predicted molar refractivity (Wildman–Crippen MR) is 103 cm³/mol. The first-order valence-corrected chi connectivity index (χ1v) is 9.72. The van der Waals surface area contributed by atoms with Crippen LogP contribution in [0.4, 0.5) is 8.78 Å². The van der Waals surface area contributed by atoms with Crippen molar-refractivity contribution < 1.29 is 23.7 Å². The van der Waals surface area contributed by atoms with Crippen molar-refractivity contribution >= 4 is 0 Å². The largest absolute Gasteiger partial charge is 0.395 e. The Kier molecular flexibility index (Phi) is 7.50. The van der Waals surface area contributed by atoms with Crippen LogP contribution in [-0.4, -0.2) is 53.6 Å². The highest BCUT2D eigenvalue weighted by Crippen LogP contribution is 2.27. The van der Waals surface area contributed by atoms with Crippen molar-refractivity contribution in [2.45, 2.75) is 37.5 Å². The molecule has 0 saturated carbocycles. The van der Waals surface area contributed by atoms with Crippen molar-refractivity contribution in [3.63, 3.8) is 0 Å². The molecule has 1 aliphatic rings. The highest BCUT2D eigenvalue weighted by Gasteiger charge is 2.24. The van der Waals surface area contributed by atoms with Crippen LogP contribution in [0.5, 0.6) is 0 Å². The Morgan fingerprint density at radius 1 is 0.964 bits per heavy atom. The maximum absolute atomic E-state index is 13.3. The lowest BCUT2D eigenvalue weighted by atomic mass is 10.0. The zero-order valence-electron chi connectivity index (χ0n) is 15.8. The van der Waals surface area contributed by atoms with E-state index in [0.717, 1.165) is 36.9 Å². The van der Waals surface area contributed by atoms with Crippen LogP contribution >= 0.6 is 0 Å². The molecule has 1 fully saturated rings. The van der Waals surface area contributed by atoms with Gasteiger partial charge in [-0.05, 0) is 54.8 Å². The standard InChI is InChI=1S/C22H27F2NO3/c23-18-8-4-16(5-9-18)22(17-6-10-19(24)11-7-17)28-15-21(27)13-25-12-2-1-3-20(25)14-26/h4-11,20-22,26-27H,1-3,12-15H2/t20-,21+/m1/s1. The van der Waals surface area contributed by atoms with Gasteiger partial charge in [-0.1, -0.05) is 30.7 Å². The second-order valence-corrected chi connectivity index (χ2v) is 7.30. The van der Waals surface area contributed by atoms with Gasteiger partial charge in [-0.2, -0.15) is 0 Å². The lowest BCUT2D eigenvalue weighted by Gasteiger charge is -2.36. The summed E-state index contributed by atoms with van der Waals surface area (Å²) in [5.74, 6) is -0.691. The lowest BCUT2D eigenvalue weighted by molar-refractivity contribution is -0.0237. The van der Waals surface area contributed by atoms with E-state index in [9.17, 15) is 19.0 Å². The molecule has 0 spiro atoms. The van der Waals surface area contributed by atoms with E-state index in [1.54, 1.807) is 24.3 Å². The topological polar surface area (TPSA) is 52.9 Å². The molecule has 0 bridgehead atoms. The molecule has 2 aromatic rings. The summed E-state index contributed by atoms with van der Waals surface area (Å²) in [5.41, 5.74) is 1.46. The Hall–Kier alpha value is -1.86. The fourth-order valence-electron chi connectivity index (χ4n) is 3.70. The quantitative estimate of drug-likeness (QED) is 0.725. The number of aliphatic hydroxyl groups is 2. The first-order valence-electron chi connectivity index (χ1n) is 9.72. The number of aliphatic hydroxyl groups excluding tert-OH is 2. The van der Waals surface area contributed by atoms with E-state index in [0.29, 0.717) is 6.54 Å². The smallest absolute Gasteiger partial charge is 0.123 e. The van der Waals surface area contributed by atoms with Crippen LogP contribution in [0, 0.1) is 11.6 Å². The summed E-state index contributed by atoms with van der Waals surface area (Å²) in [6, 6.07) is 12.0. The minimum Gasteiger partial charge on any atom is -0.395 e. The van der Waals surface area contributed by atoms with Gasteiger partial charge in [0, 0.05) is 12.6 Å². The molecule has 1 aliphatic heterocycles. The Morgan fingerprint density at radius 3 is 2.07 bits per heavy atom. The first-order chi connectivity index (χ1) is 13.6. The third kappa shape index (κ3) is 5.58. The van der Waals surface area contributed by atoms with E-state index >= 15 is 0 Å². The van der Waals surface area contributed by atoms with E-state index in [1.807, 2.05) is 0 Å². The summed E-state index contributed by atoms with van der Waals surface area (Å²) in [4.78, 5) is 2.10. The van der Waals surface area contributed by atoms with Gasteiger partial charge in [0.1, 0.15) is 17.7 Å². The molecule has 3 rings (SSSR count). The van der Waals surface area contributed by atoms with E-state index in [4.69, 9.17) is 4.74 Å². The maximum atomic E-state index is 13.3. The summed E-state index contributed by atoms with van der Waals surface area (Å²) in [5, 5.41) is 20.0. The predicted octanol–water partition coefficient (Wildman–Crippen LogP) is 3.28. The molecule has 6 heteroatoms. The molecule has 2 N–H and O–H groups in total. The van der Waals surface area contributed by atoms with E-state index in [1.165, 1.54) is 24.3 Å². The SMILES string of the molecule is OC[C@H]1CCCCN1C[C@H](O)COC(c1ccc(F)cc1)c1ccc(F)cc1. The second kappa shape index (κ2) is 10.1. The van der Waals surface area contributed by atoms with Crippen molar-refractivity contribution in [1.29, 1.82) is 0 Å². The van der Waals surface area contributed by atoms with Gasteiger partial charge in [-0.3, -0.25) is 4.90 Å². The summed E-state index contributed by atoms with van der Waals surface area (Å²) in [7, 11) is 0. The van der Waals surface area contributed by atoms with Gasteiger partial charge in [0.05, 0.1) is 19.3 Å². The maximum Gasteiger partial charge on any atom is 0.123 e. The number of nitrogens with zero attached hydrogens (tertiary/aromatic N) is 1. The molecule has 0 aromatic heterocycles. The van der Waals surface area contributed by atoms with Crippen molar-refractivity contribution in [2.75, 3.05) is 26.3 Å². The second-order valence-electron chi connectivity index (χ2n) is 7.30. The average molecular weight is 391 g/mol. The number of rotatable bonds is 8. The van der Waals surface area contributed by atoms with E-state index in [-0.39, 0.29) is 30.9 Å². The molecule has 0 radical (unpaired) electrons. The van der Waals surface area contributed by atoms with Gasteiger partial charge in [-0.15, -0.1) is 0 Å². The Morgan fingerprint density at radius 2 is 1.54 bits per heavy atom. The molecule has 0 aliphatic carbocycles. The average Bonchev–Trinajstić information content (AvgIpc) is 2.71. The normalized spacial score (nSPS) is 19.1. The summed E-state index contributed by atoms with van der Waals surface area (Å²) < 4.78 is 32.6. The van der Waals surface area contributed by atoms with E-state index < -0.39 is 12.2 Å². The molecule has 1 heterocycles. The summed E-state index contributed by atoms with van der Waals surface area (Å²) in [6.45, 7) is 1.43. The van der Waals surface area contributed by atoms with Crippen molar-refractivity contribution in [3.8, 4) is 0 Å². The van der Waals surface area contributed by atoms with Crippen molar-refractivity contribution in [2.24, 2.45) is 0 Å². The zero-order chi connectivity index (χ0) is 19.9. The first kappa shape index (κ1) is 20.9. The lowest BCUT2D eigenvalue weighted by Crippen LogP contribution is -2.46. The minimum atomic E-state index is -0.726. The minimum absolute atomic E-state index is 0.0772. The van der Waals surface area contributed by atoms with Gasteiger partial charge in [0.2, 0.25) is 0 Å². The van der Waals surface area contributed by atoms with Crippen LogP contribution < -0.4 is 0 Å². The van der Waals surface area contributed by atoms with Crippen LogP contribution in [0.3, 0.4) is 0 Å². The Balaban J connectivity index is 1.67. The monoisotopic (exact) mass is 391 g/mol. The summed E-state index contributed by atoms with van der Waals surface area (Å²) >= 11 is 0. The number of likely N-dealkylation sites (tertiary alicyclic amines) is 1. The molecule has 2 atom stereocenters. The van der Waals surface area contributed by atoms with Crippen LogP contribution in [0.15, 0.2) is 48.5 Å². The van der Waals surface area contributed by atoms with Gasteiger partial charge in [0.15, 0.2) is 0 Å². The van der Waals surface area contributed by atoms with Gasteiger partial charge in [-0.25, -0.2) is 8.78 Å². The third-order valence-electron chi connectivity index (χ3n) is 5.21. The van der Waals surface area contributed by atoms with Gasteiger partial charge < -0.3 is 14.9 Å². The van der Waals surface area contributed by atoms with Crippen molar-refractivity contribution in [1.82, 2.24) is 4.90 Å². The molecule has 0 amide bonds. The molecule has 1 saturated heterocycles. The van der Waals surface area contributed by atoms with Crippen LogP contribution in [0.1, 0.15) is 36.5 Å². The Labute approximate surface area is 164 Å². The number of β-amino-alcohol motifs (C(OH)–C–C–N with tert-alkyl or cyclic N) is 1. The van der Waals surface area contributed by atoms with Crippen LogP contribution in [0.2, 0.25) is 0 Å². The molecule has 4 nitrogen and oxygen atoms in total. The molecule has 28 heavy (non-hydrogen) atoms. The van der Waals surface area contributed by atoms with Crippen LogP contribution in [0.25, 0.3) is 0 Å². The number of hydrogen-bond donors (Lipinski definition) is 2. The molecular weight excluding hydrogens is 364 g/mol. The number of piperidine rings is 1. The molecule has 2 aromatic carbocycles. The molecular formula is C22H27F2NO3. The molecule has 0 unspecified atom stereocenters. The van der Waals surface area contributed by atoms with Crippen LogP contribution in [-0.2, 0) is 4.74 Å². The Bertz CT molecular complexity index is 678. The molecule has 152 valence electrons. The summed E-state index contributed by atoms with van der Waals surface area (Å²) in [6.07, 6.45) is 1.81. The third-order valence-corrected chi connectivity index (χ3v) is 5.21. The highest BCUT2D eigenvalue weighted by atomic mass is 19.1. The fraction of sp³-hybridized carbons (Fsp3) is 0.455. The van der Waals surface area contributed by atoms with E-state index in [2.05, 4.69) is 4.90 Å². The number of halogens is 2. The van der Waals surface area contributed by atoms with Gasteiger partial charge >= 0.3 is 0 Å². The van der Waals surface area contributed by atoms with Gasteiger partial charge in [0.25, 0.3) is 0 Å². The fourth-order valence-corrected chi connectivity index (χ4v) is 3.70. The highest BCUT2D eigenvalue weighted by molar-refractivity contribution is 5.30. The number of benzene rings is 2.